The van der Waals surface area contributed by atoms with Gasteiger partial charge in [-0.05, 0) is 46.1 Å². The van der Waals surface area contributed by atoms with Crippen molar-refractivity contribution in [2.75, 3.05) is 44.4 Å². The zero-order chi connectivity index (χ0) is 24.5. The van der Waals surface area contributed by atoms with Gasteiger partial charge in [0.2, 0.25) is 0 Å². The van der Waals surface area contributed by atoms with Crippen molar-refractivity contribution in [3.05, 3.63) is 35.2 Å². The van der Waals surface area contributed by atoms with Gasteiger partial charge >= 0.3 is 6.18 Å². The SMILES string of the molecule is C[C@H](Nc1c(-c2c(F)cc(N(C)CCCN(C)C)cc2F)c(Cl)nc2ncnn12)C(F)(F)F. The number of anilines is 2. The molecule has 3 aromatic rings. The second kappa shape index (κ2) is 9.64. The molecular weight excluding hydrogens is 469 g/mol. The van der Waals surface area contributed by atoms with Crippen LogP contribution in [0, 0.1) is 11.6 Å². The summed E-state index contributed by atoms with van der Waals surface area (Å²) in [6.07, 6.45) is -2.84. The third-order valence-corrected chi connectivity index (χ3v) is 5.32. The fourth-order valence-electron chi connectivity index (χ4n) is 3.23. The average molecular weight is 492 g/mol. The quantitative estimate of drug-likeness (QED) is 0.370. The maximum atomic E-state index is 15.2. The van der Waals surface area contributed by atoms with Crippen LogP contribution in [0.3, 0.4) is 0 Å². The highest BCUT2D eigenvalue weighted by molar-refractivity contribution is 6.33. The lowest BCUT2D eigenvalue weighted by atomic mass is 10.0. The monoisotopic (exact) mass is 491 g/mol. The molecule has 180 valence electrons. The van der Waals surface area contributed by atoms with E-state index in [-0.39, 0.29) is 22.8 Å². The van der Waals surface area contributed by atoms with Gasteiger partial charge < -0.3 is 15.1 Å². The van der Waals surface area contributed by atoms with Crippen LogP contribution >= 0.6 is 11.6 Å². The summed E-state index contributed by atoms with van der Waals surface area (Å²) in [4.78, 5) is 11.4. The highest BCUT2D eigenvalue weighted by Crippen LogP contribution is 2.39. The molecule has 2 aromatic heterocycles. The van der Waals surface area contributed by atoms with E-state index in [9.17, 15) is 13.2 Å². The van der Waals surface area contributed by atoms with E-state index < -0.39 is 34.6 Å². The van der Waals surface area contributed by atoms with Crippen molar-refractivity contribution >= 4 is 28.9 Å². The minimum absolute atomic E-state index is 0.126. The van der Waals surface area contributed by atoms with Crippen LogP contribution in [-0.2, 0) is 0 Å². The van der Waals surface area contributed by atoms with Gasteiger partial charge in [0.25, 0.3) is 5.78 Å². The molecule has 1 N–H and O–H groups in total. The summed E-state index contributed by atoms with van der Waals surface area (Å²) < 4.78 is 71.0. The van der Waals surface area contributed by atoms with Crippen molar-refractivity contribution in [2.45, 2.75) is 25.6 Å². The zero-order valence-corrected chi connectivity index (χ0v) is 19.1. The lowest BCUT2D eigenvalue weighted by molar-refractivity contribution is -0.138. The van der Waals surface area contributed by atoms with Gasteiger partial charge in [0.15, 0.2) is 0 Å². The summed E-state index contributed by atoms with van der Waals surface area (Å²) in [5, 5.41) is 5.62. The Hall–Kier alpha value is -2.73. The first-order chi connectivity index (χ1) is 15.4. The van der Waals surface area contributed by atoms with E-state index in [1.54, 1.807) is 11.9 Å². The average Bonchev–Trinajstić information content (AvgIpc) is 3.16. The summed E-state index contributed by atoms with van der Waals surface area (Å²) in [6, 6.07) is 0.134. The largest absolute Gasteiger partial charge is 0.408 e. The van der Waals surface area contributed by atoms with Gasteiger partial charge in [0.05, 0.1) is 11.1 Å². The van der Waals surface area contributed by atoms with Crippen LogP contribution in [0.2, 0.25) is 5.15 Å². The van der Waals surface area contributed by atoms with Crippen molar-refractivity contribution in [1.29, 1.82) is 0 Å². The van der Waals surface area contributed by atoms with Crippen molar-refractivity contribution in [1.82, 2.24) is 24.5 Å². The molecule has 3 rings (SSSR count). The molecule has 0 aliphatic rings. The van der Waals surface area contributed by atoms with E-state index in [1.807, 2.05) is 19.0 Å². The summed E-state index contributed by atoms with van der Waals surface area (Å²) in [5.74, 6) is -2.51. The van der Waals surface area contributed by atoms with Crippen LogP contribution in [0.5, 0.6) is 0 Å². The lowest BCUT2D eigenvalue weighted by Gasteiger charge is -2.23. The second-order valence-corrected chi connectivity index (χ2v) is 8.23. The molecule has 33 heavy (non-hydrogen) atoms. The predicted molar refractivity (Wildman–Crippen MR) is 117 cm³/mol. The molecule has 1 atom stereocenters. The van der Waals surface area contributed by atoms with Crippen LogP contribution < -0.4 is 10.2 Å². The number of hydrogen-bond donors (Lipinski definition) is 1. The molecule has 7 nitrogen and oxygen atoms in total. The van der Waals surface area contributed by atoms with Gasteiger partial charge in [-0.1, -0.05) is 11.6 Å². The van der Waals surface area contributed by atoms with Crippen LogP contribution in [0.25, 0.3) is 16.9 Å². The minimum atomic E-state index is -4.64. The Morgan fingerprint density at radius 2 is 1.73 bits per heavy atom. The third-order valence-electron chi connectivity index (χ3n) is 5.04. The Balaban J connectivity index is 2.09. The fourth-order valence-corrected chi connectivity index (χ4v) is 3.49. The Kier molecular flexibility index (Phi) is 7.27. The predicted octanol–water partition coefficient (Wildman–Crippen LogP) is 4.47. The molecule has 0 radical (unpaired) electrons. The Morgan fingerprint density at radius 1 is 1.09 bits per heavy atom. The molecule has 0 fully saturated rings. The molecule has 2 heterocycles. The van der Waals surface area contributed by atoms with Crippen LogP contribution in [0.15, 0.2) is 18.5 Å². The zero-order valence-electron chi connectivity index (χ0n) is 18.4. The number of benzene rings is 1. The molecule has 0 amide bonds. The fraction of sp³-hybridized carbons (Fsp3) is 0.450. The van der Waals surface area contributed by atoms with Crippen molar-refractivity contribution in [3.8, 4) is 11.1 Å². The highest BCUT2D eigenvalue weighted by atomic mass is 35.5. The standard InChI is InChI=1S/C20H23ClF5N7/c1-11(20(24,25)26)29-18-16(17(21)30-19-27-10-28-33(18)19)15-13(22)8-12(9-14(15)23)32(4)7-5-6-31(2)3/h8-11,29H,5-7H2,1-4H3/t11-/m0/s1. The highest BCUT2D eigenvalue weighted by Gasteiger charge is 2.37. The van der Waals surface area contributed by atoms with Crippen LogP contribution in [0.4, 0.5) is 33.5 Å². The van der Waals surface area contributed by atoms with E-state index in [0.717, 1.165) is 42.9 Å². The van der Waals surface area contributed by atoms with E-state index >= 15 is 8.78 Å². The second-order valence-electron chi connectivity index (χ2n) is 7.87. The number of nitrogens with one attached hydrogen (secondary N) is 1. The normalized spacial score (nSPS) is 13.1. The van der Waals surface area contributed by atoms with Gasteiger partial charge in [-0.2, -0.15) is 32.8 Å². The maximum absolute atomic E-state index is 15.2. The minimum Gasteiger partial charge on any atom is -0.374 e. The summed E-state index contributed by atoms with van der Waals surface area (Å²) in [6.45, 7) is 2.19. The number of rotatable bonds is 8. The molecule has 13 heteroatoms. The Bertz CT molecular complexity index is 1110. The van der Waals surface area contributed by atoms with Gasteiger partial charge in [-0.15, -0.1) is 0 Å². The van der Waals surface area contributed by atoms with E-state index in [1.165, 1.54) is 0 Å². The molecule has 0 saturated heterocycles. The van der Waals surface area contributed by atoms with Crippen LogP contribution in [0.1, 0.15) is 13.3 Å². The van der Waals surface area contributed by atoms with Crippen molar-refractivity contribution < 1.29 is 22.0 Å². The molecule has 0 bridgehead atoms. The molecule has 0 aliphatic carbocycles. The number of fused-ring (bicyclic) bond motifs is 1. The summed E-state index contributed by atoms with van der Waals surface area (Å²) >= 11 is 6.18. The van der Waals surface area contributed by atoms with E-state index in [0.29, 0.717) is 6.54 Å². The Morgan fingerprint density at radius 3 is 2.30 bits per heavy atom. The van der Waals surface area contributed by atoms with E-state index in [4.69, 9.17) is 11.6 Å². The topological polar surface area (TPSA) is 61.6 Å². The smallest absolute Gasteiger partial charge is 0.374 e. The third kappa shape index (κ3) is 5.44. The van der Waals surface area contributed by atoms with Gasteiger partial charge in [-0.25, -0.2) is 8.78 Å². The number of hydrogen-bond acceptors (Lipinski definition) is 6. The molecule has 0 spiro atoms. The Labute approximate surface area is 192 Å². The first-order valence-corrected chi connectivity index (χ1v) is 10.4. The van der Waals surface area contributed by atoms with Crippen LogP contribution in [-0.4, -0.2) is 70.9 Å². The van der Waals surface area contributed by atoms with Gasteiger partial charge in [0, 0.05) is 19.3 Å². The molecule has 0 saturated carbocycles. The molecule has 1 aromatic carbocycles. The first kappa shape index (κ1) is 24.9. The first-order valence-electron chi connectivity index (χ1n) is 9.98. The maximum Gasteiger partial charge on any atom is 0.408 e. The van der Waals surface area contributed by atoms with Gasteiger partial charge in [0.1, 0.15) is 35.0 Å². The van der Waals surface area contributed by atoms with Gasteiger partial charge in [-0.3, -0.25) is 0 Å². The number of alkyl halides is 3. The number of nitrogens with zero attached hydrogens (tertiary/aromatic N) is 6. The number of halogens is 6. The lowest BCUT2D eigenvalue weighted by Crippen LogP contribution is -2.34. The summed E-state index contributed by atoms with van der Waals surface area (Å²) in [7, 11) is 5.53. The summed E-state index contributed by atoms with van der Waals surface area (Å²) in [5.41, 5.74) is -0.730. The van der Waals surface area contributed by atoms with E-state index in [2.05, 4.69) is 20.4 Å². The number of aromatic nitrogens is 4. The molecule has 0 aliphatic heterocycles. The molecular formula is C20H23ClF5N7. The van der Waals surface area contributed by atoms with Crippen molar-refractivity contribution in [2.24, 2.45) is 0 Å². The molecule has 0 unspecified atom stereocenters. The van der Waals surface area contributed by atoms with Crippen molar-refractivity contribution in [3.63, 3.8) is 0 Å².